The monoisotopic (exact) mass is 356 g/mol. The second-order valence-electron chi connectivity index (χ2n) is 5.68. The van der Waals surface area contributed by atoms with Crippen LogP contribution in [0.4, 0.5) is 10.5 Å². The molecular formula is C19H17ClN2O3. The first-order valence-corrected chi connectivity index (χ1v) is 7.82. The largest absolute Gasteiger partial charge is 0.437 e. The van der Waals surface area contributed by atoms with E-state index >= 15 is 0 Å². The Labute approximate surface area is 151 Å². The van der Waals surface area contributed by atoms with E-state index < -0.39 is 11.7 Å². The minimum Gasteiger partial charge on any atom is -0.378 e. The summed E-state index contributed by atoms with van der Waals surface area (Å²) in [5.41, 5.74) is 0.982. The van der Waals surface area contributed by atoms with Crippen LogP contribution in [0.25, 0.3) is 0 Å². The van der Waals surface area contributed by atoms with E-state index in [0.717, 1.165) is 11.1 Å². The van der Waals surface area contributed by atoms with E-state index in [1.54, 1.807) is 62.4 Å². The number of nitrogens with one attached hydrogen (secondary N) is 1. The van der Waals surface area contributed by atoms with Gasteiger partial charge in [0.25, 0.3) is 0 Å². The summed E-state index contributed by atoms with van der Waals surface area (Å²) in [6.07, 6.45) is 0.691. The Hall–Kier alpha value is -2.81. The number of carbonyl (C=O) groups is 1. The van der Waals surface area contributed by atoms with E-state index in [1.165, 1.54) is 6.21 Å². The molecule has 0 bridgehead atoms. The number of carbonyl (C=O) groups excluding carboxylic acids is 1. The van der Waals surface area contributed by atoms with Crippen LogP contribution >= 0.6 is 11.6 Å². The second kappa shape index (κ2) is 8.34. The molecule has 0 saturated heterocycles. The number of nitrogens with zero attached hydrogens (tertiary/aromatic N) is 1. The molecule has 2 aromatic rings. The number of hydrogen-bond donors (Lipinski definition) is 2. The Morgan fingerprint density at radius 1 is 1.28 bits per heavy atom. The van der Waals surface area contributed by atoms with Crippen LogP contribution in [0.5, 0.6) is 0 Å². The second-order valence-corrected chi connectivity index (χ2v) is 6.12. The highest BCUT2D eigenvalue weighted by Crippen LogP contribution is 2.15. The van der Waals surface area contributed by atoms with Gasteiger partial charge in [0.2, 0.25) is 0 Å². The smallest absolute Gasteiger partial charge is 0.378 e. The Bertz CT molecular complexity index is 828. The van der Waals surface area contributed by atoms with E-state index in [2.05, 4.69) is 22.3 Å². The molecule has 25 heavy (non-hydrogen) atoms. The van der Waals surface area contributed by atoms with E-state index in [1.807, 2.05) is 0 Å². The molecule has 0 unspecified atom stereocenters. The van der Waals surface area contributed by atoms with Crippen LogP contribution in [0.3, 0.4) is 0 Å². The Balaban J connectivity index is 1.89. The molecule has 0 radical (unpaired) electrons. The summed E-state index contributed by atoms with van der Waals surface area (Å²) in [6, 6.07) is 13.8. The summed E-state index contributed by atoms with van der Waals surface area (Å²) in [5, 5.41) is 16.2. The van der Waals surface area contributed by atoms with Crippen molar-refractivity contribution in [1.29, 1.82) is 0 Å². The summed E-state index contributed by atoms with van der Waals surface area (Å²) >= 11 is 5.83. The number of halogens is 1. The highest BCUT2D eigenvalue weighted by atomic mass is 35.5. The van der Waals surface area contributed by atoms with Gasteiger partial charge < -0.3 is 5.11 Å². The predicted octanol–water partition coefficient (Wildman–Crippen LogP) is 4.05. The molecule has 0 atom stereocenters. The number of oxime groups is 1. The molecule has 0 fully saturated rings. The van der Waals surface area contributed by atoms with Crippen LogP contribution in [0, 0.1) is 11.8 Å². The van der Waals surface area contributed by atoms with Crippen LogP contribution in [-0.2, 0) is 4.84 Å². The van der Waals surface area contributed by atoms with Gasteiger partial charge in [-0.05, 0) is 49.7 Å². The van der Waals surface area contributed by atoms with Gasteiger partial charge in [0.1, 0.15) is 5.60 Å². The van der Waals surface area contributed by atoms with Gasteiger partial charge in [0.05, 0.1) is 6.21 Å². The summed E-state index contributed by atoms with van der Waals surface area (Å²) in [6.45, 7) is 3.24. The van der Waals surface area contributed by atoms with Gasteiger partial charge in [-0.1, -0.05) is 46.8 Å². The summed E-state index contributed by atoms with van der Waals surface area (Å²) in [5.74, 6) is 5.60. The van der Waals surface area contributed by atoms with Crippen molar-refractivity contribution >= 4 is 29.6 Å². The van der Waals surface area contributed by atoms with E-state index in [9.17, 15) is 9.90 Å². The maximum absolute atomic E-state index is 11.6. The van der Waals surface area contributed by atoms with Crippen molar-refractivity contribution in [1.82, 2.24) is 0 Å². The van der Waals surface area contributed by atoms with Crippen molar-refractivity contribution in [2.24, 2.45) is 5.16 Å². The van der Waals surface area contributed by atoms with Crippen molar-refractivity contribution in [2.75, 3.05) is 5.32 Å². The highest BCUT2D eigenvalue weighted by Gasteiger charge is 2.05. The highest BCUT2D eigenvalue weighted by molar-refractivity contribution is 6.30. The molecule has 0 aliphatic heterocycles. The predicted molar refractivity (Wildman–Crippen MR) is 98.8 cm³/mol. The third-order valence-corrected chi connectivity index (χ3v) is 3.07. The van der Waals surface area contributed by atoms with E-state index in [4.69, 9.17) is 16.4 Å². The molecule has 128 valence electrons. The lowest BCUT2D eigenvalue weighted by Gasteiger charge is -2.05. The van der Waals surface area contributed by atoms with Gasteiger partial charge in [-0.3, -0.25) is 10.2 Å². The molecule has 2 N–H and O–H groups in total. The van der Waals surface area contributed by atoms with Crippen LogP contribution in [-0.4, -0.2) is 23.0 Å². The summed E-state index contributed by atoms with van der Waals surface area (Å²) in [4.78, 5) is 16.3. The van der Waals surface area contributed by atoms with Crippen LogP contribution in [0.1, 0.15) is 25.0 Å². The average Bonchev–Trinajstić information content (AvgIpc) is 2.53. The molecule has 2 rings (SSSR count). The minimum atomic E-state index is -1.04. The number of benzene rings is 2. The molecule has 2 aromatic carbocycles. The Morgan fingerprint density at radius 3 is 2.64 bits per heavy atom. The van der Waals surface area contributed by atoms with Gasteiger partial charge in [-0.2, -0.15) is 0 Å². The number of rotatable bonds is 3. The van der Waals surface area contributed by atoms with Gasteiger partial charge in [0, 0.05) is 16.3 Å². The number of hydrogen-bond acceptors (Lipinski definition) is 4. The number of anilines is 1. The number of aliphatic hydroxyl groups is 1. The molecule has 1 amide bonds. The van der Waals surface area contributed by atoms with Crippen LogP contribution in [0.15, 0.2) is 53.7 Å². The first-order chi connectivity index (χ1) is 11.8. The average molecular weight is 357 g/mol. The quantitative estimate of drug-likeness (QED) is 0.377. The van der Waals surface area contributed by atoms with Gasteiger partial charge >= 0.3 is 6.09 Å². The maximum Gasteiger partial charge on any atom is 0.437 e. The molecule has 0 aromatic heterocycles. The first-order valence-electron chi connectivity index (χ1n) is 7.44. The molecule has 0 heterocycles. The van der Waals surface area contributed by atoms with E-state index in [-0.39, 0.29) is 0 Å². The fourth-order valence-corrected chi connectivity index (χ4v) is 1.91. The van der Waals surface area contributed by atoms with Crippen LogP contribution in [0.2, 0.25) is 5.02 Å². The lowest BCUT2D eigenvalue weighted by molar-refractivity contribution is 0.143. The first kappa shape index (κ1) is 18.5. The van der Waals surface area contributed by atoms with Gasteiger partial charge in [0.15, 0.2) is 0 Å². The SMILES string of the molecule is CC(C)(O)C#Cc1ccc(/C=N/OC(=O)Nc2cccc(Cl)c2)cc1. The zero-order valence-corrected chi connectivity index (χ0v) is 14.5. The van der Waals surface area contributed by atoms with Crippen molar-refractivity contribution < 1.29 is 14.7 Å². The lowest BCUT2D eigenvalue weighted by atomic mass is 10.1. The van der Waals surface area contributed by atoms with Crippen molar-refractivity contribution in [3.8, 4) is 11.8 Å². The lowest BCUT2D eigenvalue weighted by Crippen LogP contribution is -2.14. The molecular weight excluding hydrogens is 340 g/mol. The molecule has 5 nitrogen and oxygen atoms in total. The summed E-state index contributed by atoms with van der Waals surface area (Å²) in [7, 11) is 0. The molecule has 0 spiro atoms. The Morgan fingerprint density at radius 2 is 2.00 bits per heavy atom. The van der Waals surface area contributed by atoms with Gasteiger partial charge in [-0.25, -0.2) is 4.79 Å². The van der Waals surface area contributed by atoms with Crippen molar-refractivity contribution in [3.63, 3.8) is 0 Å². The standard InChI is InChI=1S/C19H17ClN2O3/c1-19(2,24)11-10-14-6-8-15(9-7-14)13-21-25-18(23)22-17-5-3-4-16(20)12-17/h3-9,12-13,24H,1-2H3,(H,22,23)/b21-13+. The zero-order valence-electron chi connectivity index (χ0n) is 13.8. The Kier molecular flexibility index (Phi) is 6.18. The summed E-state index contributed by atoms with van der Waals surface area (Å²) < 4.78 is 0. The third-order valence-electron chi connectivity index (χ3n) is 2.83. The topological polar surface area (TPSA) is 70.9 Å². The van der Waals surface area contributed by atoms with E-state index in [0.29, 0.717) is 10.7 Å². The third kappa shape index (κ3) is 7.08. The minimum absolute atomic E-state index is 0.508. The number of amides is 1. The normalized spacial score (nSPS) is 10.9. The van der Waals surface area contributed by atoms with Crippen molar-refractivity contribution in [3.05, 3.63) is 64.7 Å². The molecule has 0 saturated carbocycles. The van der Waals surface area contributed by atoms with Crippen molar-refractivity contribution in [2.45, 2.75) is 19.4 Å². The maximum atomic E-state index is 11.6. The zero-order chi connectivity index (χ0) is 18.3. The molecule has 6 heteroatoms. The van der Waals surface area contributed by atoms with Crippen LogP contribution < -0.4 is 5.32 Å². The molecule has 0 aliphatic rings. The van der Waals surface area contributed by atoms with Gasteiger partial charge in [-0.15, -0.1) is 0 Å². The molecule has 0 aliphatic carbocycles. The fourth-order valence-electron chi connectivity index (χ4n) is 1.72. The fraction of sp³-hybridized carbons (Fsp3) is 0.158.